The number of para-hydroxylation sites is 1. The molecule has 1 aromatic heterocycles. The number of nitrogens with zero attached hydrogens (tertiary/aromatic N) is 1. The van der Waals surface area contributed by atoms with Crippen molar-refractivity contribution in [1.29, 1.82) is 0 Å². The number of fused-ring (bicyclic) bond motifs is 1. The first-order chi connectivity index (χ1) is 13.7. The summed E-state index contributed by atoms with van der Waals surface area (Å²) in [4.78, 5) is 18.4. The number of thiazole rings is 1. The molecule has 6 heteroatoms. The molecule has 146 valence electrons. The second-order valence-electron chi connectivity index (χ2n) is 7.43. The number of hydrogen-bond acceptors (Lipinski definition) is 3. The molecule has 3 aromatic rings. The van der Waals surface area contributed by atoms with E-state index in [9.17, 15) is 9.18 Å². The zero-order chi connectivity index (χ0) is 19.3. The molecule has 1 saturated heterocycles. The van der Waals surface area contributed by atoms with Crippen LogP contribution in [0, 0.1) is 5.82 Å². The van der Waals surface area contributed by atoms with Crippen molar-refractivity contribution >= 4 is 27.5 Å². The van der Waals surface area contributed by atoms with E-state index in [2.05, 4.69) is 17.4 Å². The first-order valence-corrected chi connectivity index (χ1v) is 10.7. The van der Waals surface area contributed by atoms with E-state index < -0.39 is 0 Å². The second kappa shape index (κ2) is 8.80. The molecule has 1 amide bonds. The lowest BCUT2D eigenvalue weighted by Gasteiger charge is -2.28. The van der Waals surface area contributed by atoms with E-state index in [-0.39, 0.29) is 11.7 Å². The van der Waals surface area contributed by atoms with Crippen LogP contribution in [0.1, 0.15) is 29.3 Å². The molecular formula is C22H25FN3OS+. The highest BCUT2D eigenvalue weighted by Gasteiger charge is 2.28. The molecule has 2 N–H and O–H groups in total. The molecule has 4 rings (SSSR count). The van der Waals surface area contributed by atoms with Crippen molar-refractivity contribution in [2.24, 2.45) is 0 Å². The summed E-state index contributed by atoms with van der Waals surface area (Å²) in [6.45, 7) is 2.90. The average Bonchev–Trinajstić information content (AvgIpc) is 3.14. The summed E-state index contributed by atoms with van der Waals surface area (Å²) in [7, 11) is 0. The lowest BCUT2D eigenvalue weighted by Crippen LogP contribution is -3.14. The fourth-order valence-corrected chi connectivity index (χ4v) is 5.02. The highest BCUT2D eigenvalue weighted by Crippen LogP contribution is 2.30. The van der Waals surface area contributed by atoms with Crippen molar-refractivity contribution in [3.8, 4) is 0 Å². The van der Waals surface area contributed by atoms with Gasteiger partial charge in [0.2, 0.25) is 0 Å². The molecule has 0 spiro atoms. The SMILES string of the molecule is O=C(C[NH+]1CCC[C@H](c2nc3ccccc3s2)C1)NCCc1ccccc1F. The highest BCUT2D eigenvalue weighted by molar-refractivity contribution is 7.18. The number of quaternary nitrogens is 1. The molecule has 0 saturated carbocycles. The van der Waals surface area contributed by atoms with E-state index in [0.29, 0.717) is 31.0 Å². The van der Waals surface area contributed by atoms with E-state index in [0.717, 1.165) is 31.4 Å². The first kappa shape index (κ1) is 19.0. The fourth-order valence-electron chi connectivity index (χ4n) is 3.91. The molecule has 4 nitrogen and oxygen atoms in total. The molecule has 1 unspecified atom stereocenters. The van der Waals surface area contributed by atoms with Crippen LogP contribution in [0.5, 0.6) is 0 Å². The van der Waals surface area contributed by atoms with Crippen molar-refractivity contribution in [1.82, 2.24) is 10.3 Å². The standard InChI is InChI=1S/C22H24FN3OS/c23-18-8-2-1-6-16(18)11-12-24-21(27)15-26-13-5-7-17(14-26)22-25-19-9-3-4-10-20(19)28-22/h1-4,6,8-10,17H,5,7,11-15H2,(H,24,27)/p+1/t17-/m0/s1. The zero-order valence-corrected chi connectivity index (χ0v) is 16.6. The maximum Gasteiger partial charge on any atom is 0.275 e. The first-order valence-electron chi connectivity index (χ1n) is 9.88. The number of rotatable bonds is 6. The quantitative estimate of drug-likeness (QED) is 0.670. The van der Waals surface area contributed by atoms with Crippen LogP contribution in [0.4, 0.5) is 4.39 Å². The molecule has 0 radical (unpaired) electrons. The van der Waals surface area contributed by atoms with Gasteiger partial charge in [0.25, 0.3) is 5.91 Å². The Kier molecular flexibility index (Phi) is 5.98. The van der Waals surface area contributed by atoms with Gasteiger partial charge in [0, 0.05) is 6.54 Å². The minimum Gasteiger partial charge on any atom is -0.351 e. The Bertz CT molecular complexity index is 925. The summed E-state index contributed by atoms with van der Waals surface area (Å²) in [5, 5.41) is 4.14. The predicted octanol–water partition coefficient (Wildman–Crippen LogP) is 2.56. The molecule has 1 fully saturated rings. The number of halogens is 1. The smallest absolute Gasteiger partial charge is 0.275 e. The van der Waals surface area contributed by atoms with Gasteiger partial charge in [-0.3, -0.25) is 4.79 Å². The van der Waals surface area contributed by atoms with Crippen molar-refractivity contribution in [3.63, 3.8) is 0 Å². The Hall–Kier alpha value is -2.31. The van der Waals surface area contributed by atoms with Crippen molar-refractivity contribution in [2.75, 3.05) is 26.2 Å². The monoisotopic (exact) mass is 398 g/mol. The van der Waals surface area contributed by atoms with E-state index >= 15 is 0 Å². The maximum absolute atomic E-state index is 13.6. The van der Waals surface area contributed by atoms with Gasteiger partial charge in [-0.25, -0.2) is 9.37 Å². The number of amides is 1. The number of hydrogen-bond donors (Lipinski definition) is 2. The summed E-state index contributed by atoms with van der Waals surface area (Å²) in [6.07, 6.45) is 2.76. The van der Waals surface area contributed by atoms with Crippen LogP contribution in [0.25, 0.3) is 10.2 Å². The Morgan fingerprint density at radius 1 is 1.21 bits per heavy atom. The van der Waals surface area contributed by atoms with E-state index in [1.165, 1.54) is 20.7 Å². The van der Waals surface area contributed by atoms with Crippen molar-refractivity contribution in [3.05, 3.63) is 64.9 Å². The molecule has 0 bridgehead atoms. The zero-order valence-electron chi connectivity index (χ0n) is 15.8. The van der Waals surface area contributed by atoms with Gasteiger partial charge in [-0.15, -0.1) is 11.3 Å². The lowest BCUT2D eigenvalue weighted by molar-refractivity contribution is -0.898. The number of carbonyl (C=O) groups is 1. The van der Waals surface area contributed by atoms with Gasteiger partial charge in [0.1, 0.15) is 10.8 Å². The summed E-state index contributed by atoms with van der Waals surface area (Å²) in [5.74, 6) is 0.251. The highest BCUT2D eigenvalue weighted by atomic mass is 32.1. The third-order valence-electron chi connectivity index (χ3n) is 5.36. The topological polar surface area (TPSA) is 46.4 Å². The van der Waals surface area contributed by atoms with Gasteiger partial charge in [0.05, 0.1) is 29.2 Å². The number of carbonyl (C=O) groups excluding carboxylic acids is 1. The number of piperidine rings is 1. The predicted molar refractivity (Wildman–Crippen MR) is 110 cm³/mol. The number of aromatic nitrogens is 1. The summed E-state index contributed by atoms with van der Waals surface area (Å²) in [6, 6.07) is 15.0. The molecular weight excluding hydrogens is 373 g/mol. The average molecular weight is 399 g/mol. The molecule has 28 heavy (non-hydrogen) atoms. The third kappa shape index (κ3) is 4.56. The van der Waals surface area contributed by atoms with Crippen LogP contribution in [-0.4, -0.2) is 37.1 Å². The molecule has 1 aliphatic rings. The summed E-state index contributed by atoms with van der Waals surface area (Å²) in [5.41, 5.74) is 1.71. The molecule has 2 atom stereocenters. The van der Waals surface area contributed by atoms with Crippen LogP contribution >= 0.6 is 11.3 Å². The van der Waals surface area contributed by atoms with Gasteiger partial charge < -0.3 is 10.2 Å². The van der Waals surface area contributed by atoms with Crippen LogP contribution in [0.3, 0.4) is 0 Å². The normalized spacial score (nSPS) is 19.6. The Morgan fingerprint density at radius 3 is 2.89 bits per heavy atom. The van der Waals surface area contributed by atoms with Crippen molar-refractivity contribution < 1.29 is 14.1 Å². The van der Waals surface area contributed by atoms with Crippen LogP contribution < -0.4 is 10.2 Å². The Morgan fingerprint density at radius 2 is 2.04 bits per heavy atom. The Balaban J connectivity index is 1.28. The van der Waals surface area contributed by atoms with Gasteiger partial charge in [-0.05, 0) is 43.0 Å². The summed E-state index contributed by atoms with van der Waals surface area (Å²) < 4.78 is 14.9. The van der Waals surface area contributed by atoms with Crippen LogP contribution in [-0.2, 0) is 11.2 Å². The second-order valence-corrected chi connectivity index (χ2v) is 8.49. The number of benzene rings is 2. The van der Waals surface area contributed by atoms with Gasteiger partial charge in [-0.1, -0.05) is 30.3 Å². The van der Waals surface area contributed by atoms with Gasteiger partial charge in [0.15, 0.2) is 6.54 Å². The molecule has 2 aromatic carbocycles. The van der Waals surface area contributed by atoms with Crippen molar-refractivity contribution in [2.45, 2.75) is 25.2 Å². The van der Waals surface area contributed by atoms with Crippen LogP contribution in [0.15, 0.2) is 48.5 Å². The molecule has 1 aliphatic heterocycles. The minimum atomic E-state index is -0.211. The maximum atomic E-state index is 13.6. The largest absolute Gasteiger partial charge is 0.351 e. The molecule has 0 aliphatic carbocycles. The summed E-state index contributed by atoms with van der Waals surface area (Å²) >= 11 is 1.78. The fraction of sp³-hybridized carbons (Fsp3) is 0.364. The van der Waals surface area contributed by atoms with Crippen LogP contribution in [0.2, 0.25) is 0 Å². The van der Waals surface area contributed by atoms with E-state index in [1.54, 1.807) is 23.5 Å². The van der Waals surface area contributed by atoms with Gasteiger partial charge in [-0.2, -0.15) is 0 Å². The number of likely N-dealkylation sites (tertiary alicyclic amines) is 1. The van der Waals surface area contributed by atoms with Gasteiger partial charge >= 0.3 is 0 Å². The number of nitrogens with one attached hydrogen (secondary N) is 2. The molecule has 2 heterocycles. The van der Waals surface area contributed by atoms with E-state index in [4.69, 9.17) is 4.98 Å². The Labute approximate surface area is 168 Å². The third-order valence-corrected chi connectivity index (χ3v) is 6.56. The van der Waals surface area contributed by atoms with E-state index in [1.807, 2.05) is 18.2 Å². The lowest BCUT2D eigenvalue weighted by atomic mass is 9.99. The minimum absolute atomic E-state index is 0.0382.